The highest BCUT2D eigenvalue weighted by Gasteiger charge is 2.20. The van der Waals surface area contributed by atoms with E-state index in [9.17, 15) is 8.42 Å². The van der Waals surface area contributed by atoms with E-state index in [-0.39, 0.29) is 10.7 Å². The van der Waals surface area contributed by atoms with Crippen LogP contribution in [0.2, 0.25) is 5.02 Å². The highest BCUT2D eigenvalue weighted by Crippen LogP contribution is 2.27. The van der Waals surface area contributed by atoms with Gasteiger partial charge in [0.25, 0.3) is 10.0 Å². The maximum absolute atomic E-state index is 12.3. The largest absolute Gasteiger partial charge is 0.307 e. The number of rotatable bonds is 4. The summed E-state index contributed by atoms with van der Waals surface area (Å²) in [6.45, 7) is 0. The van der Waals surface area contributed by atoms with Gasteiger partial charge in [-0.25, -0.2) is 19.2 Å². The van der Waals surface area contributed by atoms with Gasteiger partial charge >= 0.3 is 0 Å². The third-order valence-electron chi connectivity index (χ3n) is 2.37. The topological polar surface area (TPSA) is 97.1 Å². The molecule has 0 saturated carbocycles. The lowest BCUT2D eigenvalue weighted by Gasteiger charge is -2.12. The number of nitrogens with one attached hydrogen (secondary N) is 2. The average molecular weight is 425 g/mol. The number of hydrazine groups is 1. The minimum Gasteiger partial charge on any atom is -0.307 e. The van der Waals surface area contributed by atoms with Gasteiger partial charge in [0.2, 0.25) is 0 Å². The van der Waals surface area contributed by atoms with Crippen molar-refractivity contribution < 1.29 is 8.42 Å². The number of hydrogen-bond acceptors (Lipinski definition) is 5. The van der Waals surface area contributed by atoms with Crippen molar-refractivity contribution >= 4 is 55.7 Å². The Balaban J connectivity index is 2.41. The van der Waals surface area contributed by atoms with Crippen molar-refractivity contribution in [1.29, 1.82) is 0 Å². The number of pyridine rings is 1. The fourth-order valence-electron chi connectivity index (χ4n) is 1.49. The van der Waals surface area contributed by atoms with Gasteiger partial charge in [0, 0.05) is 9.77 Å². The molecule has 6 nitrogen and oxygen atoms in total. The van der Waals surface area contributed by atoms with Gasteiger partial charge in [-0.2, -0.15) is 0 Å². The lowest BCUT2D eigenvalue weighted by Crippen LogP contribution is -2.18. The molecule has 0 saturated heterocycles. The molecule has 1 aromatic heterocycles. The molecule has 0 bridgehead atoms. The van der Waals surface area contributed by atoms with E-state index in [1.165, 1.54) is 18.3 Å². The summed E-state index contributed by atoms with van der Waals surface area (Å²) in [5.74, 6) is 5.32. The van der Waals surface area contributed by atoms with E-state index >= 15 is 0 Å². The molecule has 0 radical (unpaired) electrons. The van der Waals surface area contributed by atoms with Crippen molar-refractivity contribution in [2.45, 2.75) is 4.90 Å². The summed E-state index contributed by atoms with van der Waals surface area (Å²) in [6, 6.07) is 7.89. The van der Waals surface area contributed by atoms with Gasteiger partial charge in [-0.15, -0.1) is 0 Å². The summed E-state index contributed by atoms with van der Waals surface area (Å²) < 4.78 is 27.9. The van der Waals surface area contributed by atoms with Crippen LogP contribution < -0.4 is 16.0 Å². The Bertz CT molecular complexity index is 739. The highest BCUT2D eigenvalue weighted by atomic mass is 127. The lowest BCUT2D eigenvalue weighted by atomic mass is 10.3. The Labute approximate surface area is 134 Å². The first-order valence-electron chi connectivity index (χ1n) is 5.33. The predicted octanol–water partition coefficient (Wildman–Crippen LogP) is 2.43. The predicted molar refractivity (Wildman–Crippen MR) is 87.0 cm³/mol. The molecule has 4 N–H and O–H groups in total. The number of nitrogens with two attached hydrogens (primary N) is 1. The number of nitrogens with zero attached hydrogens (tertiary/aromatic N) is 1. The van der Waals surface area contributed by atoms with Crippen LogP contribution in [-0.4, -0.2) is 13.4 Å². The number of sulfonamides is 1. The van der Waals surface area contributed by atoms with E-state index in [0.717, 1.165) is 3.57 Å². The van der Waals surface area contributed by atoms with Gasteiger partial charge < -0.3 is 5.43 Å². The first-order chi connectivity index (χ1) is 9.44. The van der Waals surface area contributed by atoms with Crippen molar-refractivity contribution in [2.24, 2.45) is 5.84 Å². The number of halogens is 2. The minimum absolute atomic E-state index is 0.0571. The Kier molecular flexibility index (Phi) is 4.68. The van der Waals surface area contributed by atoms with Gasteiger partial charge in [0.05, 0.1) is 10.7 Å². The Morgan fingerprint density at radius 1 is 1.30 bits per heavy atom. The summed E-state index contributed by atoms with van der Waals surface area (Å²) in [5.41, 5.74) is 2.54. The van der Waals surface area contributed by atoms with E-state index in [1.807, 2.05) is 0 Å². The molecule has 0 aliphatic rings. The molecule has 106 valence electrons. The smallest absolute Gasteiger partial charge is 0.265 e. The van der Waals surface area contributed by atoms with Gasteiger partial charge in [-0.1, -0.05) is 11.6 Å². The Morgan fingerprint density at radius 3 is 2.70 bits per heavy atom. The van der Waals surface area contributed by atoms with E-state index in [2.05, 4.69) is 37.7 Å². The first-order valence-corrected chi connectivity index (χ1v) is 8.27. The monoisotopic (exact) mass is 424 g/mol. The zero-order chi connectivity index (χ0) is 14.8. The molecule has 1 heterocycles. The summed E-state index contributed by atoms with van der Waals surface area (Å²) in [4.78, 5) is 3.79. The third kappa shape index (κ3) is 3.32. The van der Waals surface area contributed by atoms with Crippen molar-refractivity contribution in [1.82, 2.24) is 4.98 Å². The van der Waals surface area contributed by atoms with Crippen LogP contribution in [0.3, 0.4) is 0 Å². The number of hydrogen-bond donors (Lipinski definition) is 3. The quantitative estimate of drug-likeness (QED) is 0.398. The van der Waals surface area contributed by atoms with Crippen molar-refractivity contribution in [2.75, 3.05) is 10.1 Å². The molecular weight excluding hydrogens is 415 g/mol. The van der Waals surface area contributed by atoms with Crippen LogP contribution >= 0.6 is 34.2 Å². The van der Waals surface area contributed by atoms with Gasteiger partial charge in [0.1, 0.15) is 4.90 Å². The molecule has 0 spiro atoms. The zero-order valence-electron chi connectivity index (χ0n) is 9.97. The van der Waals surface area contributed by atoms with Crippen LogP contribution in [0.1, 0.15) is 0 Å². The van der Waals surface area contributed by atoms with Crippen LogP contribution in [0.25, 0.3) is 0 Å². The van der Waals surface area contributed by atoms with Crippen LogP contribution in [-0.2, 0) is 10.0 Å². The molecule has 0 aliphatic heterocycles. The standard InChI is InChI=1S/C11H10ClIN4O2S/c12-8-6-7(13)3-4-9(8)17-20(18,19)10-2-1-5-15-11(10)16-14/h1-6,17H,14H2,(H,15,16). The lowest BCUT2D eigenvalue weighted by molar-refractivity contribution is 0.601. The molecule has 1 aromatic carbocycles. The highest BCUT2D eigenvalue weighted by molar-refractivity contribution is 14.1. The molecule has 2 rings (SSSR count). The van der Waals surface area contributed by atoms with E-state index < -0.39 is 10.0 Å². The summed E-state index contributed by atoms with van der Waals surface area (Å²) in [6.07, 6.45) is 1.44. The normalized spacial score (nSPS) is 11.2. The molecule has 0 amide bonds. The Hall–Kier alpha value is -1.10. The zero-order valence-corrected chi connectivity index (χ0v) is 13.7. The maximum atomic E-state index is 12.3. The molecule has 0 fully saturated rings. The number of nitrogen functional groups attached to an aromatic ring is 1. The second kappa shape index (κ2) is 6.12. The van der Waals surface area contributed by atoms with Crippen molar-refractivity contribution in [3.8, 4) is 0 Å². The van der Waals surface area contributed by atoms with E-state index in [1.54, 1.807) is 18.2 Å². The van der Waals surface area contributed by atoms with Gasteiger partial charge in [-0.3, -0.25) is 4.72 Å². The molecule has 0 aliphatic carbocycles. The van der Waals surface area contributed by atoms with E-state index in [4.69, 9.17) is 17.4 Å². The molecule has 9 heteroatoms. The fourth-order valence-corrected chi connectivity index (χ4v) is 3.65. The average Bonchev–Trinajstić information content (AvgIpc) is 2.42. The van der Waals surface area contributed by atoms with Crippen molar-refractivity contribution in [3.63, 3.8) is 0 Å². The second-order valence-electron chi connectivity index (χ2n) is 3.72. The van der Waals surface area contributed by atoms with Crippen molar-refractivity contribution in [3.05, 3.63) is 45.1 Å². The number of aromatic nitrogens is 1. The molecule has 20 heavy (non-hydrogen) atoms. The molecule has 0 atom stereocenters. The summed E-state index contributed by atoms with van der Waals surface area (Å²) in [7, 11) is -3.83. The summed E-state index contributed by atoms with van der Waals surface area (Å²) >= 11 is 8.09. The minimum atomic E-state index is -3.83. The number of benzene rings is 1. The Morgan fingerprint density at radius 2 is 2.05 bits per heavy atom. The van der Waals surface area contributed by atoms with Crippen LogP contribution in [0.5, 0.6) is 0 Å². The van der Waals surface area contributed by atoms with Gasteiger partial charge in [0.15, 0.2) is 5.82 Å². The van der Waals surface area contributed by atoms with Crippen LogP contribution in [0, 0.1) is 3.57 Å². The summed E-state index contributed by atoms with van der Waals surface area (Å²) in [5, 5.41) is 0.312. The van der Waals surface area contributed by atoms with Crippen LogP contribution in [0.4, 0.5) is 11.5 Å². The third-order valence-corrected chi connectivity index (χ3v) is 4.75. The maximum Gasteiger partial charge on any atom is 0.265 e. The molecule has 0 unspecified atom stereocenters. The fraction of sp³-hybridized carbons (Fsp3) is 0. The van der Waals surface area contributed by atoms with Crippen LogP contribution in [0.15, 0.2) is 41.4 Å². The SMILES string of the molecule is NNc1ncccc1S(=O)(=O)Nc1ccc(I)cc1Cl. The second-order valence-corrected chi connectivity index (χ2v) is 7.03. The van der Waals surface area contributed by atoms with E-state index in [0.29, 0.717) is 10.7 Å². The molecule has 2 aromatic rings. The molecular formula is C11H10ClIN4O2S. The number of anilines is 2. The first kappa shape index (κ1) is 15.3. The van der Waals surface area contributed by atoms with Gasteiger partial charge in [-0.05, 0) is 52.9 Å².